The summed E-state index contributed by atoms with van der Waals surface area (Å²) in [6.45, 7) is 1.84. The maximum Gasteiger partial charge on any atom is 0.308 e. The summed E-state index contributed by atoms with van der Waals surface area (Å²) in [5, 5.41) is 10.8. The Kier molecular flexibility index (Phi) is 3.90. The molecule has 0 aliphatic carbocycles. The summed E-state index contributed by atoms with van der Waals surface area (Å²) in [5.74, 6) is -0.831. The van der Waals surface area contributed by atoms with Crippen molar-refractivity contribution < 1.29 is 9.90 Å². The zero-order valence-corrected chi connectivity index (χ0v) is 12.9. The van der Waals surface area contributed by atoms with E-state index in [1.165, 1.54) is 23.1 Å². The van der Waals surface area contributed by atoms with Gasteiger partial charge in [-0.3, -0.25) is 4.79 Å². The van der Waals surface area contributed by atoms with E-state index in [0.29, 0.717) is 0 Å². The van der Waals surface area contributed by atoms with E-state index in [0.717, 1.165) is 30.8 Å². The van der Waals surface area contributed by atoms with Crippen molar-refractivity contribution in [1.82, 2.24) is 9.97 Å². The van der Waals surface area contributed by atoms with Crippen molar-refractivity contribution in [3.05, 3.63) is 47.0 Å². The van der Waals surface area contributed by atoms with E-state index >= 15 is 0 Å². The van der Waals surface area contributed by atoms with Crippen LogP contribution in [0.3, 0.4) is 0 Å². The molecule has 6 heteroatoms. The monoisotopic (exact) mass is 316 g/mol. The number of rotatable bonds is 4. The first-order valence-electron chi connectivity index (χ1n) is 6.33. The van der Waals surface area contributed by atoms with Gasteiger partial charge < -0.3 is 5.11 Å². The van der Waals surface area contributed by atoms with Crippen LogP contribution in [0.25, 0.3) is 10.9 Å². The minimum Gasteiger partial charge on any atom is -0.481 e. The van der Waals surface area contributed by atoms with Crippen LogP contribution in [0.5, 0.6) is 0 Å². The lowest BCUT2D eigenvalue weighted by atomic mass is 10.2. The van der Waals surface area contributed by atoms with Gasteiger partial charge in [-0.1, -0.05) is 24.3 Å². The SMILES string of the molecule is Cc1nc(Sc2ccc3ccccc3n2)sc1CC(=O)O. The fourth-order valence-electron chi connectivity index (χ4n) is 1.94. The highest BCUT2D eigenvalue weighted by Gasteiger charge is 2.12. The van der Waals surface area contributed by atoms with Gasteiger partial charge >= 0.3 is 5.97 Å². The standard InChI is InChI=1S/C15H12N2O2S2/c1-9-12(8-14(18)19)20-15(16-9)21-13-7-6-10-4-2-3-5-11(10)17-13/h2-7H,8H2,1H3,(H,18,19). The summed E-state index contributed by atoms with van der Waals surface area (Å²) in [7, 11) is 0. The second kappa shape index (κ2) is 5.83. The molecular weight excluding hydrogens is 304 g/mol. The molecule has 106 valence electrons. The third-order valence-corrected chi connectivity index (χ3v) is 5.10. The molecule has 2 aromatic heterocycles. The number of benzene rings is 1. The van der Waals surface area contributed by atoms with Gasteiger partial charge in [0, 0.05) is 10.3 Å². The highest BCUT2D eigenvalue weighted by Crippen LogP contribution is 2.32. The second-order valence-electron chi connectivity index (χ2n) is 4.50. The lowest BCUT2D eigenvalue weighted by molar-refractivity contribution is -0.136. The predicted molar refractivity (Wildman–Crippen MR) is 84.1 cm³/mol. The predicted octanol–water partition coefficient (Wildman–Crippen LogP) is 3.78. The molecule has 1 aromatic carbocycles. The van der Waals surface area contributed by atoms with Gasteiger partial charge in [0.25, 0.3) is 0 Å². The maximum absolute atomic E-state index is 10.8. The van der Waals surface area contributed by atoms with Crippen LogP contribution in [0, 0.1) is 6.92 Å². The first-order chi connectivity index (χ1) is 10.1. The molecule has 21 heavy (non-hydrogen) atoms. The summed E-state index contributed by atoms with van der Waals surface area (Å²) in [4.78, 5) is 20.6. The first-order valence-corrected chi connectivity index (χ1v) is 7.97. The molecule has 0 atom stereocenters. The number of carboxylic acid groups (broad SMARTS) is 1. The summed E-state index contributed by atoms with van der Waals surface area (Å²) < 4.78 is 0.825. The topological polar surface area (TPSA) is 63.1 Å². The van der Waals surface area contributed by atoms with Crippen molar-refractivity contribution in [3.8, 4) is 0 Å². The number of fused-ring (bicyclic) bond motifs is 1. The largest absolute Gasteiger partial charge is 0.481 e. The Labute approximate surface area is 129 Å². The van der Waals surface area contributed by atoms with Gasteiger partial charge in [0.1, 0.15) is 5.03 Å². The summed E-state index contributed by atoms with van der Waals surface area (Å²) in [6, 6.07) is 11.9. The lowest BCUT2D eigenvalue weighted by Crippen LogP contribution is -1.99. The summed E-state index contributed by atoms with van der Waals surface area (Å²) in [5.41, 5.74) is 1.73. The molecule has 0 aliphatic heterocycles. The number of hydrogen-bond donors (Lipinski definition) is 1. The van der Waals surface area contributed by atoms with E-state index < -0.39 is 5.97 Å². The van der Waals surface area contributed by atoms with Gasteiger partial charge in [0.05, 0.1) is 17.6 Å². The zero-order valence-electron chi connectivity index (χ0n) is 11.2. The Morgan fingerprint density at radius 1 is 1.24 bits per heavy atom. The molecule has 0 saturated carbocycles. The first kappa shape index (κ1) is 14.0. The summed E-state index contributed by atoms with van der Waals surface area (Å²) in [6.07, 6.45) is 0.0230. The van der Waals surface area contributed by atoms with Gasteiger partial charge in [-0.15, -0.1) is 11.3 Å². The minimum atomic E-state index is -0.831. The van der Waals surface area contributed by atoms with Crippen LogP contribution in [0.4, 0.5) is 0 Å². The Hall–Kier alpha value is -1.92. The van der Waals surface area contributed by atoms with Crippen molar-refractivity contribution in [2.45, 2.75) is 22.7 Å². The van der Waals surface area contributed by atoms with Crippen molar-refractivity contribution >= 4 is 40.0 Å². The number of thiazole rings is 1. The van der Waals surface area contributed by atoms with Crippen LogP contribution in [0.1, 0.15) is 10.6 Å². The molecule has 2 heterocycles. The number of aliphatic carboxylic acids is 1. The number of aromatic nitrogens is 2. The number of pyridine rings is 1. The van der Waals surface area contributed by atoms with E-state index in [2.05, 4.69) is 9.97 Å². The molecular formula is C15H12N2O2S2. The molecule has 0 unspecified atom stereocenters. The number of carboxylic acids is 1. The third-order valence-electron chi connectivity index (χ3n) is 2.95. The second-order valence-corrected chi connectivity index (χ2v) is 6.85. The summed E-state index contributed by atoms with van der Waals surface area (Å²) >= 11 is 2.89. The molecule has 4 nitrogen and oxygen atoms in total. The smallest absolute Gasteiger partial charge is 0.308 e. The molecule has 0 fully saturated rings. The van der Waals surface area contributed by atoms with Crippen LogP contribution >= 0.6 is 23.1 Å². The molecule has 0 aliphatic rings. The fraction of sp³-hybridized carbons (Fsp3) is 0.133. The van der Waals surface area contributed by atoms with Crippen molar-refractivity contribution in [1.29, 1.82) is 0 Å². The number of para-hydroxylation sites is 1. The Morgan fingerprint density at radius 2 is 2.05 bits per heavy atom. The number of aryl methyl sites for hydroxylation is 1. The Bertz CT molecular complexity index is 814. The van der Waals surface area contributed by atoms with Gasteiger partial charge in [-0.2, -0.15) is 0 Å². The zero-order chi connectivity index (χ0) is 14.8. The number of nitrogens with zero attached hydrogens (tertiary/aromatic N) is 2. The van der Waals surface area contributed by atoms with E-state index in [1.54, 1.807) is 0 Å². The molecule has 3 rings (SSSR count). The van der Waals surface area contributed by atoms with Crippen LogP contribution in [-0.4, -0.2) is 21.0 Å². The third kappa shape index (κ3) is 3.22. The van der Waals surface area contributed by atoms with E-state index in [4.69, 9.17) is 5.11 Å². The molecule has 0 bridgehead atoms. The highest BCUT2D eigenvalue weighted by molar-refractivity contribution is 8.01. The van der Waals surface area contributed by atoms with Crippen molar-refractivity contribution in [3.63, 3.8) is 0 Å². The van der Waals surface area contributed by atoms with Gasteiger partial charge in [-0.05, 0) is 30.8 Å². The molecule has 3 aromatic rings. The van der Waals surface area contributed by atoms with Gasteiger partial charge in [0.2, 0.25) is 0 Å². The van der Waals surface area contributed by atoms with E-state index in [1.807, 2.05) is 43.3 Å². The molecule has 0 spiro atoms. The van der Waals surface area contributed by atoms with E-state index in [-0.39, 0.29) is 6.42 Å². The average molecular weight is 316 g/mol. The van der Waals surface area contributed by atoms with Crippen LogP contribution in [0.2, 0.25) is 0 Å². The van der Waals surface area contributed by atoms with Gasteiger partial charge in [0.15, 0.2) is 4.34 Å². The van der Waals surface area contributed by atoms with Crippen molar-refractivity contribution in [2.75, 3.05) is 0 Å². The normalized spacial score (nSPS) is 10.9. The average Bonchev–Trinajstić information content (AvgIpc) is 2.78. The van der Waals surface area contributed by atoms with Crippen LogP contribution in [-0.2, 0) is 11.2 Å². The van der Waals surface area contributed by atoms with E-state index in [9.17, 15) is 4.79 Å². The minimum absolute atomic E-state index is 0.0230. The molecule has 0 amide bonds. The molecule has 0 radical (unpaired) electrons. The Balaban J connectivity index is 1.86. The van der Waals surface area contributed by atoms with Crippen molar-refractivity contribution in [2.24, 2.45) is 0 Å². The highest BCUT2D eigenvalue weighted by atomic mass is 32.2. The fourth-order valence-corrected chi connectivity index (χ4v) is 4.09. The number of hydrogen-bond acceptors (Lipinski definition) is 5. The Morgan fingerprint density at radius 3 is 2.86 bits per heavy atom. The quantitative estimate of drug-likeness (QED) is 0.793. The lowest BCUT2D eigenvalue weighted by Gasteiger charge is -2.00. The maximum atomic E-state index is 10.8. The molecule has 0 saturated heterocycles. The van der Waals surface area contributed by atoms with Gasteiger partial charge in [-0.25, -0.2) is 9.97 Å². The van der Waals surface area contributed by atoms with Crippen LogP contribution < -0.4 is 0 Å². The van der Waals surface area contributed by atoms with Crippen LogP contribution in [0.15, 0.2) is 45.8 Å². The molecule has 1 N–H and O–H groups in total. The number of carbonyl (C=O) groups is 1.